The molecule has 0 amide bonds. The van der Waals surface area contributed by atoms with Crippen molar-refractivity contribution in [2.75, 3.05) is 18.0 Å². The maximum atomic E-state index is 5.77. The Hall–Kier alpha value is -1.62. The summed E-state index contributed by atoms with van der Waals surface area (Å²) in [6, 6.07) is 6.43. The molecule has 2 N–H and O–H groups in total. The van der Waals surface area contributed by atoms with Gasteiger partial charge in [-0.2, -0.15) is 0 Å². The smallest absolute Gasteiger partial charge is 0.136 e. The van der Waals surface area contributed by atoms with Gasteiger partial charge in [0.05, 0.1) is 11.2 Å². The number of anilines is 1. The zero-order chi connectivity index (χ0) is 10.4. The lowest BCUT2D eigenvalue weighted by atomic mass is 10.1. The van der Waals surface area contributed by atoms with Crippen molar-refractivity contribution in [1.29, 1.82) is 0 Å². The molecular weight excluding hydrogens is 190 g/mol. The molecule has 78 valence electrons. The summed E-state index contributed by atoms with van der Waals surface area (Å²) in [5.41, 5.74) is 8.94. The summed E-state index contributed by atoms with van der Waals surface area (Å²) in [5.74, 6) is 0. The van der Waals surface area contributed by atoms with E-state index in [1.807, 2.05) is 19.2 Å². The quantitative estimate of drug-likeness (QED) is 0.715. The van der Waals surface area contributed by atoms with Gasteiger partial charge in [-0.05, 0) is 12.1 Å². The van der Waals surface area contributed by atoms with Gasteiger partial charge in [0, 0.05) is 26.2 Å². The highest BCUT2D eigenvalue weighted by Crippen LogP contribution is 2.27. The normalized spacial score (nSPS) is 17.1. The lowest BCUT2D eigenvalue weighted by molar-refractivity contribution is 0.520. The molecule has 0 aliphatic carbocycles. The first kappa shape index (κ1) is 8.67. The Labute approximate surface area is 87.5 Å². The molecular formula is C10H13N5. The molecule has 0 radical (unpaired) electrons. The highest BCUT2D eigenvalue weighted by atomic mass is 15.4. The van der Waals surface area contributed by atoms with Crippen LogP contribution in [0.1, 0.15) is 0 Å². The third-order valence-electron chi connectivity index (χ3n) is 2.87. The Kier molecular flexibility index (Phi) is 1.70. The molecule has 5 nitrogen and oxygen atoms in total. The molecule has 3 rings (SSSR count). The van der Waals surface area contributed by atoms with Crippen molar-refractivity contribution in [1.82, 2.24) is 15.0 Å². The molecule has 1 aliphatic heterocycles. The monoisotopic (exact) mass is 203 g/mol. The molecule has 0 spiro atoms. The van der Waals surface area contributed by atoms with Gasteiger partial charge in [-0.1, -0.05) is 11.3 Å². The highest BCUT2D eigenvalue weighted by molar-refractivity contribution is 5.88. The number of aryl methyl sites for hydroxylation is 1. The van der Waals surface area contributed by atoms with Crippen molar-refractivity contribution in [3.8, 4) is 0 Å². The second-order valence-corrected chi connectivity index (χ2v) is 4.02. The fourth-order valence-corrected chi connectivity index (χ4v) is 2.01. The summed E-state index contributed by atoms with van der Waals surface area (Å²) in [6.45, 7) is 1.82. The lowest BCUT2D eigenvalue weighted by Crippen LogP contribution is -2.55. The van der Waals surface area contributed by atoms with E-state index < -0.39 is 0 Å². The minimum atomic E-state index is 0.303. The van der Waals surface area contributed by atoms with Crippen LogP contribution in [0.4, 0.5) is 5.69 Å². The Morgan fingerprint density at radius 2 is 2.20 bits per heavy atom. The summed E-state index contributed by atoms with van der Waals surface area (Å²) < 4.78 is 1.79. The topological polar surface area (TPSA) is 60.0 Å². The molecule has 0 unspecified atom stereocenters. The van der Waals surface area contributed by atoms with Crippen molar-refractivity contribution in [2.45, 2.75) is 6.04 Å². The molecule has 0 bridgehead atoms. The maximum absolute atomic E-state index is 5.77. The Balaban J connectivity index is 2.10. The van der Waals surface area contributed by atoms with Gasteiger partial charge < -0.3 is 10.6 Å². The van der Waals surface area contributed by atoms with Crippen LogP contribution in [0.25, 0.3) is 11.0 Å². The summed E-state index contributed by atoms with van der Waals surface area (Å²) in [5, 5.41) is 8.20. The first-order valence-corrected chi connectivity index (χ1v) is 5.04. The van der Waals surface area contributed by atoms with Crippen LogP contribution in [0.5, 0.6) is 0 Å². The maximum Gasteiger partial charge on any atom is 0.136 e. The Morgan fingerprint density at radius 3 is 2.93 bits per heavy atom. The second-order valence-electron chi connectivity index (χ2n) is 4.02. The van der Waals surface area contributed by atoms with Gasteiger partial charge in [0.25, 0.3) is 0 Å². The number of nitrogens with two attached hydrogens (primary N) is 1. The van der Waals surface area contributed by atoms with Crippen molar-refractivity contribution in [2.24, 2.45) is 12.8 Å². The van der Waals surface area contributed by atoms with Gasteiger partial charge in [0.15, 0.2) is 0 Å². The van der Waals surface area contributed by atoms with E-state index in [1.54, 1.807) is 4.68 Å². The van der Waals surface area contributed by atoms with Crippen molar-refractivity contribution in [3.63, 3.8) is 0 Å². The van der Waals surface area contributed by atoms with Crippen LogP contribution < -0.4 is 10.6 Å². The van der Waals surface area contributed by atoms with Crippen molar-refractivity contribution in [3.05, 3.63) is 18.2 Å². The molecule has 2 heterocycles. The number of hydrogen-bond donors (Lipinski definition) is 1. The summed E-state index contributed by atoms with van der Waals surface area (Å²) >= 11 is 0. The van der Waals surface area contributed by atoms with Crippen molar-refractivity contribution < 1.29 is 0 Å². The van der Waals surface area contributed by atoms with E-state index in [0.29, 0.717) is 6.04 Å². The summed E-state index contributed by atoms with van der Waals surface area (Å²) in [4.78, 5) is 2.24. The minimum absolute atomic E-state index is 0.303. The predicted octanol–water partition coefficient (Wildman–Crippen LogP) is 0.116. The molecule has 15 heavy (non-hydrogen) atoms. The molecule has 5 heteroatoms. The molecule has 1 saturated heterocycles. The van der Waals surface area contributed by atoms with E-state index in [2.05, 4.69) is 21.3 Å². The van der Waals surface area contributed by atoms with E-state index in [4.69, 9.17) is 5.73 Å². The zero-order valence-electron chi connectivity index (χ0n) is 8.59. The Bertz CT molecular complexity index is 497. The zero-order valence-corrected chi connectivity index (χ0v) is 8.59. The fraction of sp³-hybridized carbons (Fsp3) is 0.400. The lowest BCUT2D eigenvalue weighted by Gasteiger charge is -2.38. The third kappa shape index (κ3) is 1.20. The van der Waals surface area contributed by atoms with Crippen LogP contribution >= 0.6 is 0 Å². The van der Waals surface area contributed by atoms with E-state index >= 15 is 0 Å². The number of rotatable bonds is 1. The van der Waals surface area contributed by atoms with Gasteiger partial charge in [-0.25, -0.2) is 4.68 Å². The molecule has 0 saturated carbocycles. The molecule has 1 aromatic heterocycles. The van der Waals surface area contributed by atoms with Gasteiger partial charge >= 0.3 is 0 Å². The highest BCUT2D eigenvalue weighted by Gasteiger charge is 2.25. The average molecular weight is 203 g/mol. The van der Waals surface area contributed by atoms with Gasteiger partial charge in [-0.3, -0.25) is 0 Å². The third-order valence-corrected chi connectivity index (χ3v) is 2.87. The molecule has 0 atom stereocenters. The summed E-state index contributed by atoms with van der Waals surface area (Å²) in [6.07, 6.45) is 0. The van der Waals surface area contributed by atoms with Gasteiger partial charge in [0.1, 0.15) is 5.52 Å². The second kappa shape index (κ2) is 2.93. The van der Waals surface area contributed by atoms with E-state index in [-0.39, 0.29) is 0 Å². The fourth-order valence-electron chi connectivity index (χ4n) is 2.01. The molecule has 1 aliphatic rings. The van der Waals surface area contributed by atoms with Crippen LogP contribution in [0.2, 0.25) is 0 Å². The van der Waals surface area contributed by atoms with E-state index in [1.165, 1.54) is 0 Å². The number of hydrogen-bond acceptors (Lipinski definition) is 4. The first-order valence-electron chi connectivity index (χ1n) is 5.04. The van der Waals surface area contributed by atoms with Crippen molar-refractivity contribution >= 4 is 16.7 Å². The van der Waals surface area contributed by atoms with E-state index in [0.717, 1.165) is 29.8 Å². The van der Waals surface area contributed by atoms with Gasteiger partial charge in [0.2, 0.25) is 0 Å². The largest absolute Gasteiger partial charge is 0.366 e. The first-order chi connectivity index (χ1) is 7.25. The minimum Gasteiger partial charge on any atom is -0.366 e. The predicted molar refractivity (Wildman–Crippen MR) is 58.7 cm³/mol. The van der Waals surface area contributed by atoms with E-state index in [9.17, 15) is 0 Å². The average Bonchev–Trinajstić information content (AvgIpc) is 2.56. The molecule has 1 aromatic carbocycles. The molecule has 2 aromatic rings. The number of benzene rings is 1. The molecule has 1 fully saturated rings. The van der Waals surface area contributed by atoms with Gasteiger partial charge in [-0.15, -0.1) is 5.10 Å². The van der Waals surface area contributed by atoms with Crippen LogP contribution in [0.15, 0.2) is 18.2 Å². The van der Waals surface area contributed by atoms with Crippen LogP contribution in [-0.2, 0) is 7.05 Å². The van der Waals surface area contributed by atoms with Crippen LogP contribution in [0.3, 0.4) is 0 Å². The number of aromatic nitrogens is 3. The summed E-state index contributed by atoms with van der Waals surface area (Å²) in [7, 11) is 1.90. The van der Waals surface area contributed by atoms with Crippen LogP contribution in [-0.4, -0.2) is 34.1 Å². The number of nitrogens with zero attached hydrogens (tertiary/aromatic N) is 4. The standard InChI is InChI=1S/C10H13N5/c1-14-8-3-2-4-9(10(8)12-13-14)15-5-7(11)6-15/h2-4,7H,5-6,11H2,1H3. The Morgan fingerprint density at radius 1 is 1.40 bits per heavy atom. The van der Waals surface area contributed by atoms with Crippen LogP contribution in [0, 0.1) is 0 Å². The number of fused-ring (bicyclic) bond motifs is 1. The SMILES string of the molecule is Cn1nnc2c(N3CC(N)C3)cccc21.